The normalized spacial score (nSPS) is 28.2. The van der Waals surface area contributed by atoms with Gasteiger partial charge in [0, 0.05) is 18.5 Å². The zero-order chi connectivity index (χ0) is 14.3. The molecule has 2 fully saturated rings. The number of rotatable bonds is 1. The SMILES string of the molecule is CC(C)(C)C1NC(=O)CCN(C2(C)CCCC2)C1=O. The van der Waals surface area contributed by atoms with Gasteiger partial charge in [-0.05, 0) is 25.2 Å². The van der Waals surface area contributed by atoms with Crippen LogP contribution in [0.25, 0.3) is 0 Å². The molecule has 4 nitrogen and oxygen atoms in total. The number of nitrogens with zero attached hydrogens (tertiary/aromatic N) is 1. The van der Waals surface area contributed by atoms with E-state index in [1.807, 2.05) is 25.7 Å². The van der Waals surface area contributed by atoms with Crippen LogP contribution in [-0.2, 0) is 9.59 Å². The Labute approximate surface area is 115 Å². The predicted octanol–water partition coefficient (Wildman–Crippen LogP) is 2.08. The molecule has 1 aliphatic carbocycles. The Bertz CT molecular complexity index is 378. The third kappa shape index (κ3) is 2.77. The maximum Gasteiger partial charge on any atom is 0.246 e. The van der Waals surface area contributed by atoms with E-state index in [-0.39, 0.29) is 22.8 Å². The second-order valence-electron chi connectivity index (χ2n) is 7.31. The van der Waals surface area contributed by atoms with Gasteiger partial charge < -0.3 is 10.2 Å². The molecule has 0 radical (unpaired) electrons. The fourth-order valence-electron chi connectivity index (χ4n) is 3.30. The molecule has 0 bridgehead atoms. The number of amides is 2. The van der Waals surface area contributed by atoms with Gasteiger partial charge in [-0.2, -0.15) is 0 Å². The van der Waals surface area contributed by atoms with Crippen LogP contribution in [0.4, 0.5) is 0 Å². The summed E-state index contributed by atoms with van der Waals surface area (Å²) in [6.45, 7) is 8.77. The van der Waals surface area contributed by atoms with Gasteiger partial charge in [-0.15, -0.1) is 0 Å². The lowest BCUT2D eigenvalue weighted by Crippen LogP contribution is -2.57. The lowest BCUT2D eigenvalue weighted by Gasteiger charge is -2.41. The van der Waals surface area contributed by atoms with E-state index in [1.54, 1.807) is 0 Å². The first-order chi connectivity index (χ1) is 8.74. The van der Waals surface area contributed by atoms with Crippen LogP contribution in [0.1, 0.15) is 59.8 Å². The Kier molecular flexibility index (Phi) is 3.63. The molecule has 1 heterocycles. The molecule has 0 aromatic heterocycles. The van der Waals surface area contributed by atoms with E-state index in [4.69, 9.17) is 0 Å². The highest BCUT2D eigenvalue weighted by atomic mass is 16.2. The van der Waals surface area contributed by atoms with Crippen LogP contribution >= 0.6 is 0 Å². The number of hydrogen-bond donors (Lipinski definition) is 1. The molecule has 4 heteroatoms. The number of carbonyl (C=O) groups excluding carboxylic acids is 2. The molecule has 1 saturated carbocycles. The molecule has 1 N–H and O–H groups in total. The van der Waals surface area contributed by atoms with Gasteiger partial charge in [-0.1, -0.05) is 33.6 Å². The summed E-state index contributed by atoms with van der Waals surface area (Å²) in [6.07, 6.45) is 4.91. The van der Waals surface area contributed by atoms with Gasteiger partial charge in [-0.25, -0.2) is 0 Å². The van der Waals surface area contributed by atoms with Gasteiger partial charge >= 0.3 is 0 Å². The van der Waals surface area contributed by atoms with Crippen molar-refractivity contribution in [2.24, 2.45) is 5.41 Å². The molecule has 0 aromatic rings. The van der Waals surface area contributed by atoms with E-state index < -0.39 is 6.04 Å². The molecule has 108 valence electrons. The molecule has 1 aliphatic heterocycles. The monoisotopic (exact) mass is 266 g/mol. The molecular formula is C15H26N2O2. The van der Waals surface area contributed by atoms with Gasteiger partial charge in [0.1, 0.15) is 6.04 Å². The quantitative estimate of drug-likeness (QED) is 0.790. The number of hydrogen-bond acceptors (Lipinski definition) is 2. The molecule has 1 atom stereocenters. The summed E-state index contributed by atoms with van der Waals surface area (Å²) >= 11 is 0. The molecule has 2 aliphatic rings. The van der Waals surface area contributed by atoms with Crippen molar-refractivity contribution >= 4 is 11.8 Å². The maximum atomic E-state index is 12.8. The van der Waals surface area contributed by atoms with Crippen molar-refractivity contribution in [3.8, 4) is 0 Å². The molecule has 19 heavy (non-hydrogen) atoms. The van der Waals surface area contributed by atoms with E-state index in [0.717, 1.165) is 12.8 Å². The molecule has 2 amide bonds. The third-order valence-corrected chi connectivity index (χ3v) is 4.58. The average Bonchev–Trinajstić information content (AvgIpc) is 2.65. The van der Waals surface area contributed by atoms with Crippen molar-refractivity contribution < 1.29 is 9.59 Å². The van der Waals surface area contributed by atoms with Crippen LogP contribution in [0.5, 0.6) is 0 Å². The highest BCUT2D eigenvalue weighted by Gasteiger charge is 2.45. The summed E-state index contributed by atoms with van der Waals surface area (Å²) in [5.74, 6) is 0.0973. The Morgan fingerprint density at radius 3 is 2.32 bits per heavy atom. The highest BCUT2D eigenvalue weighted by molar-refractivity contribution is 5.91. The zero-order valence-electron chi connectivity index (χ0n) is 12.6. The van der Waals surface area contributed by atoms with Gasteiger partial charge in [0.2, 0.25) is 11.8 Å². The maximum absolute atomic E-state index is 12.8. The lowest BCUT2D eigenvalue weighted by atomic mass is 9.84. The Hall–Kier alpha value is -1.06. The van der Waals surface area contributed by atoms with Crippen LogP contribution in [-0.4, -0.2) is 34.8 Å². The summed E-state index contributed by atoms with van der Waals surface area (Å²) in [7, 11) is 0. The Morgan fingerprint density at radius 1 is 1.21 bits per heavy atom. The molecular weight excluding hydrogens is 240 g/mol. The van der Waals surface area contributed by atoms with Crippen LogP contribution in [0.2, 0.25) is 0 Å². The molecule has 0 spiro atoms. The highest BCUT2D eigenvalue weighted by Crippen LogP contribution is 2.37. The fourth-order valence-corrected chi connectivity index (χ4v) is 3.30. The second-order valence-corrected chi connectivity index (χ2v) is 7.31. The van der Waals surface area contributed by atoms with Gasteiger partial charge in [-0.3, -0.25) is 9.59 Å². The van der Waals surface area contributed by atoms with Crippen molar-refractivity contribution in [3.05, 3.63) is 0 Å². The first-order valence-corrected chi connectivity index (χ1v) is 7.35. The average molecular weight is 266 g/mol. The smallest absolute Gasteiger partial charge is 0.246 e. The van der Waals surface area contributed by atoms with E-state index in [0.29, 0.717) is 13.0 Å². The lowest BCUT2D eigenvalue weighted by molar-refractivity contribution is -0.141. The summed E-state index contributed by atoms with van der Waals surface area (Å²) < 4.78 is 0. The van der Waals surface area contributed by atoms with Gasteiger partial charge in [0.25, 0.3) is 0 Å². The molecule has 0 aromatic carbocycles. The summed E-state index contributed by atoms with van der Waals surface area (Å²) in [6, 6.07) is -0.403. The Balaban J connectivity index is 2.28. The summed E-state index contributed by atoms with van der Waals surface area (Å²) in [4.78, 5) is 26.7. The Morgan fingerprint density at radius 2 is 1.79 bits per heavy atom. The minimum atomic E-state index is -0.403. The van der Waals surface area contributed by atoms with Crippen molar-refractivity contribution in [3.63, 3.8) is 0 Å². The van der Waals surface area contributed by atoms with Crippen molar-refractivity contribution in [2.45, 2.75) is 71.4 Å². The van der Waals surface area contributed by atoms with Gasteiger partial charge in [0.15, 0.2) is 0 Å². The first kappa shape index (κ1) is 14.4. The van der Waals surface area contributed by atoms with Crippen molar-refractivity contribution in [1.82, 2.24) is 10.2 Å². The van der Waals surface area contributed by atoms with Gasteiger partial charge in [0.05, 0.1) is 0 Å². The predicted molar refractivity (Wildman–Crippen MR) is 74.6 cm³/mol. The molecule has 2 rings (SSSR count). The first-order valence-electron chi connectivity index (χ1n) is 7.35. The topological polar surface area (TPSA) is 49.4 Å². The number of nitrogens with one attached hydrogen (secondary N) is 1. The molecule has 1 unspecified atom stereocenters. The van der Waals surface area contributed by atoms with Crippen LogP contribution in [0, 0.1) is 5.41 Å². The number of carbonyl (C=O) groups is 2. The summed E-state index contributed by atoms with van der Waals surface area (Å²) in [5.41, 5.74) is -0.294. The standard InChI is InChI=1S/C15H26N2O2/c1-14(2,3)12-13(19)17(10-7-11(18)16-12)15(4)8-5-6-9-15/h12H,5-10H2,1-4H3,(H,16,18). The van der Waals surface area contributed by atoms with Crippen molar-refractivity contribution in [1.29, 1.82) is 0 Å². The van der Waals surface area contributed by atoms with Crippen LogP contribution < -0.4 is 5.32 Å². The third-order valence-electron chi connectivity index (χ3n) is 4.58. The largest absolute Gasteiger partial charge is 0.344 e. The van der Waals surface area contributed by atoms with E-state index in [9.17, 15) is 9.59 Å². The van der Waals surface area contributed by atoms with Crippen LogP contribution in [0.15, 0.2) is 0 Å². The fraction of sp³-hybridized carbons (Fsp3) is 0.867. The second kappa shape index (κ2) is 4.80. The zero-order valence-corrected chi connectivity index (χ0v) is 12.6. The van der Waals surface area contributed by atoms with E-state index in [2.05, 4.69) is 12.2 Å². The minimum Gasteiger partial charge on any atom is -0.344 e. The minimum absolute atomic E-state index is 0.00243. The van der Waals surface area contributed by atoms with Crippen molar-refractivity contribution in [2.75, 3.05) is 6.54 Å². The molecule has 1 saturated heterocycles. The van der Waals surface area contributed by atoms with Crippen LogP contribution in [0.3, 0.4) is 0 Å². The van der Waals surface area contributed by atoms with E-state index in [1.165, 1.54) is 12.8 Å². The summed E-state index contributed by atoms with van der Waals surface area (Å²) in [5, 5.41) is 2.91. The van der Waals surface area contributed by atoms with E-state index >= 15 is 0 Å².